The summed E-state index contributed by atoms with van der Waals surface area (Å²) in [6.07, 6.45) is 2.43. The first kappa shape index (κ1) is 16.9. The highest BCUT2D eigenvalue weighted by atomic mass is 15.2. The number of benzene rings is 1. The number of anilines is 1. The first-order valence-electron chi connectivity index (χ1n) is 8.92. The fourth-order valence-electron chi connectivity index (χ4n) is 3.30. The third kappa shape index (κ3) is 3.93. The third-order valence-electron chi connectivity index (χ3n) is 4.80. The maximum Gasteiger partial charge on any atom is 0.151 e. The van der Waals surface area contributed by atoms with E-state index in [9.17, 15) is 0 Å². The summed E-state index contributed by atoms with van der Waals surface area (Å²) in [6.45, 7) is 8.79. The van der Waals surface area contributed by atoms with Gasteiger partial charge in [0.25, 0.3) is 0 Å². The number of likely N-dealkylation sites (tertiary alicyclic amines) is 1. The molecule has 0 unspecified atom stereocenters. The standard InChI is InChI=1S/C20H28N4/c1-14(2)16-7-5-8-17(12-16)19-11-15(3)20(23-22-19)21-18-9-6-10-24(4)13-18/h5,7-8,11-12,14,18H,6,9-10,13H2,1-4H3,(H,21,23)/t18-/m1/s1. The number of aromatic nitrogens is 2. The summed E-state index contributed by atoms with van der Waals surface area (Å²) in [4.78, 5) is 2.37. The molecule has 0 radical (unpaired) electrons. The first-order chi connectivity index (χ1) is 11.5. The average Bonchev–Trinajstić information content (AvgIpc) is 2.57. The van der Waals surface area contributed by atoms with E-state index < -0.39 is 0 Å². The van der Waals surface area contributed by atoms with E-state index in [2.05, 4.69) is 78.6 Å². The molecule has 2 heterocycles. The van der Waals surface area contributed by atoms with Gasteiger partial charge in [0.1, 0.15) is 0 Å². The van der Waals surface area contributed by atoms with E-state index in [0.717, 1.165) is 29.2 Å². The van der Waals surface area contributed by atoms with E-state index >= 15 is 0 Å². The summed E-state index contributed by atoms with van der Waals surface area (Å²) >= 11 is 0. The highest BCUT2D eigenvalue weighted by molar-refractivity contribution is 5.62. The Kier molecular flexibility index (Phi) is 5.14. The van der Waals surface area contributed by atoms with Crippen molar-refractivity contribution >= 4 is 5.82 Å². The number of rotatable bonds is 4. The van der Waals surface area contributed by atoms with Crippen molar-refractivity contribution in [3.63, 3.8) is 0 Å². The van der Waals surface area contributed by atoms with E-state index in [4.69, 9.17) is 0 Å². The van der Waals surface area contributed by atoms with Crippen molar-refractivity contribution in [2.75, 3.05) is 25.5 Å². The second-order valence-corrected chi connectivity index (χ2v) is 7.29. The lowest BCUT2D eigenvalue weighted by Crippen LogP contribution is -2.40. The Hall–Kier alpha value is -1.94. The Bertz CT molecular complexity index is 696. The molecule has 1 fully saturated rings. The molecule has 24 heavy (non-hydrogen) atoms. The lowest BCUT2D eigenvalue weighted by Gasteiger charge is -2.30. The predicted octanol–water partition coefficient (Wildman–Crippen LogP) is 4.08. The molecule has 0 aliphatic carbocycles. The second kappa shape index (κ2) is 7.31. The van der Waals surface area contributed by atoms with Crippen molar-refractivity contribution in [2.24, 2.45) is 0 Å². The van der Waals surface area contributed by atoms with E-state index in [0.29, 0.717) is 12.0 Å². The van der Waals surface area contributed by atoms with Crippen molar-refractivity contribution in [3.05, 3.63) is 41.5 Å². The topological polar surface area (TPSA) is 41.1 Å². The van der Waals surface area contributed by atoms with Crippen molar-refractivity contribution < 1.29 is 0 Å². The predicted molar refractivity (Wildman–Crippen MR) is 100 cm³/mol. The van der Waals surface area contributed by atoms with E-state index in [1.807, 2.05) is 0 Å². The van der Waals surface area contributed by atoms with Crippen LogP contribution in [0.15, 0.2) is 30.3 Å². The zero-order valence-corrected chi connectivity index (χ0v) is 15.2. The maximum absolute atomic E-state index is 4.47. The van der Waals surface area contributed by atoms with Gasteiger partial charge in [0.05, 0.1) is 5.69 Å². The van der Waals surface area contributed by atoms with Crippen LogP contribution in [0.25, 0.3) is 11.3 Å². The maximum atomic E-state index is 4.47. The van der Waals surface area contributed by atoms with Gasteiger partial charge in [-0.2, -0.15) is 0 Å². The highest BCUT2D eigenvalue weighted by Crippen LogP contribution is 2.25. The summed E-state index contributed by atoms with van der Waals surface area (Å²) in [7, 11) is 2.18. The van der Waals surface area contributed by atoms with Gasteiger partial charge in [0, 0.05) is 18.2 Å². The van der Waals surface area contributed by atoms with Crippen LogP contribution in [0, 0.1) is 6.92 Å². The molecule has 0 spiro atoms. The minimum Gasteiger partial charge on any atom is -0.364 e. The van der Waals surface area contributed by atoms with Gasteiger partial charge in [-0.1, -0.05) is 32.0 Å². The van der Waals surface area contributed by atoms with E-state index in [1.54, 1.807) is 0 Å². The van der Waals surface area contributed by atoms with Gasteiger partial charge in [0.2, 0.25) is 0 Å². The third-order valence-corrected chi connectivity index (χ3v) is 4.80. The van der Waals surface area contributed by atoms with E-state index in [1.165, 1.54) is 24.9 Å². The largest absolute Gasteiger partial charge is 0.364 e. The molecule has 128 valence electrons. The lowest BCUT2D eigenvalue weighted by molar-refractivity contribution is 0.260. The Balaban J connectivity index is 1.78. The summed E-state index contributed by atoms with van der Waals surface area (Å²) < 4.78 is 0. The van der Waals surface area contributed by atoms with Gasteiger partial charge in [-0.3, -0.25) is 0 Å². The van der Waals surface area contributed by atoms with Crippen LogP contribution in [0.5, 0.6) is 0 Å². The normalized spacial score (nSPS) is 18.8. The zero-order chi connectivity index (χ0) is 17.1. The Morgan fingerprint density at radius 2 is 2.04 bits per heavy atom. The number of nitrogens with zero attached hydrogens (tertiary/aromatic N) is 3. The van der Waals surface area contributed by atoms with Gasteiger partial charge in [0.15, 0.2) is 5.82 Å². The molecule has 3 rings (SSSR count). The van der Waals surface area contributed by atoms with Crippen LogP contribution >= 0.6 is 0 Å². The summed E-state index contributed by atoms with van der Waals surface area (Å²) in [5.74, 6) is 1.43. The van der Waals surface area contributed by atoms with Crippen LogP contribution in [0.1, 0.15) is 43.7 Å². The molecule has 1 saturated heterocycles. The van der Waals surface area contributed by atoms with E-state index in [-0.39, 0.29) is 0 Å². The average molecular weight is 324 g/mol. The van der Waals surface area contributed by atoms with Crippen molar-refractivity contribution in [2.45, 2.75) is 45.6 Å². The fourth-order valence-corrected chi connectivity index (χ4v) is 3.30. The number of piperidine rings is 1. The fraction of sp³-hybridized carbons (Fsp3) is 0.500. The Morgan fingerprint density at radius 1 is 1.21 bits per heavy atom. The van der Waals surface area contributed by atoms with Crippen molar-refractivity contribution in [3.8, 4) is 11.3 Å². The monoisotopic (exact) mass is 324 g/mol. The summed E-state index contributed by atoms with van der Waals surface area (Å²) in [6, 6.07) is 11.2. The van der Waals surface area contributed by atoms with Crippen LogP contribution < -0.4 is 5.32 Å². The lowest BCUT2D eigenvalue weighted by atomic mass is 9.99. The van der Waals surface area contributed by atoms with Crippen LogP contribution in [-0.4, -0.2) is 41.3 Å². The van der Waals surface area contributed by atoms with Crippen LogP contribution in [-0.2, 0) is 0 Å². The molecule has 4 heteroatoms. The van der Waals surface area contributed by atoms with Gasteiger partial charge in [-0.05, 0) is 62.5 Å². The highest BCUT2D eigenvalue weighted by Gasteiger charge is 2.18. The van der Waals surface area contributed by atoms with Gasteiger partial charge in [-0.15, -0.1) is 10.2 Å². The SMILES string of the molecule is Cc1cc(-c2cccc(C(C)C)c2)nnc1N[C@@H]1CCCN(C)C1. The molecule has 0 bridgehead atoms. The number of hydrogen-bond acceptors (Lipinski definition) is 4. The molecule has 1 aromatic carbocycles. The van der Waals surface area contributed by atoms with Crippen LogP contribution in [0.2, 0.25) is 0 Å². The Morgan fingerprint density at radius 3 is 2.75 bits per heavy atom. The van der Waals surface area contributed by atoms with Crippen molar-refractivity contribution in [1.29, 1.82) is 0 Å². The number of nitrogens with one attached hydrogen (secondary N) is 1. The minimum atomic E-state index is 0.465. The molecule has 2 aromatic rings. The Labute approximate surface area is 145 Å². The molecule has 1 N–H and O–H groups in total. The molecule has 4 nitrogen and oxygen atoms in total. The molecular formula is C20H28N4. The van der Waals surface area contributed by atoms with Gasteiger partial charge in [-0.25, -0.2) is 0 Å². The molecule has 0 amide bonds. The van der Waals surface area contributed by atoms with Gasteiger partial charge < -0.3 is 10.2 Å². The summed E-state index contributed by atoms with van der Waals surface area (Å²) in [5.41, 5.74) is 4.57. The first-order valence-corrected chi connectivity index (χ1v) is 8.92. The number of aryl methyl sites for hydroxylation is 1. The smallest absolute Gasteiger partial charge is 0.151 e. The molecule has 1 aliphatic heterocycles. The summed E-state index contributed by atoms with van der Waals surface area (Å²) in [5, 5.41) is 12.5. The number of hydrogen-bond donors (Lipinski definition) is 1. The molecule has 1 aromatic heterocycles. The minimum absolute atomic E-state index is 0.465. The quantitative estimate of drug-likeness (QED) is 0.920. The van der Waals surface area contributed by atoms with Gasteiger partial charge >= 0.3 is 0 Å². The molecule has 1 atom stereocenters. The molecular weight excluding hydrogens is 296 g/mol. The van der Waals surface area contributed by atoms with Crippen molar-refractivity contribution in [1.82, 2.24) is 15.1 Å². The zero-order valence-electron chi connectivity index (χ0n) is 15.2. The number of likely N-dealkylation sites (N-methyl/N-ethyl adjacent to an activating group) is 1. The van der Waals surface area contributed by atoms with Crippen LogP contribution in [0.4, 0.5) is 5.82 Å². The second-order valence-electron chi connectivity index (χ2n) is 7.29. The molecule has 1 aliphatic rings. The molecule has 0 saturated carbocycles. The van der Waals surface area contributed by atoms with Crippen LogP contribution in [0.3, 0.4) is 0 Å².